The Morgan fingerprint density at radius 1 is 1.21 bits per heavy atom. The zero-order valence-corrected chi connectivity index (χ0v) is 10.3. The van der Waals surface area contributed by atoms with E-state index in [4.69, 9.17) is 0 Å². The van der Waals surface area contributed by atoms with E-state index < -0.39 is 0 Å². The summed E-state index contributed by atoms with van der Waals surface area (Å²) in [6.07, 6.45) is 5.63. The maximum Gasteiger partial charge on any atom is 0.00977 e. The Labute approximate surface area is 89.7 Å². The van der Waals surface area contributed by atoms with Gasteiger partial charge in [0.1, 0.15) is 0 Å². The molecule has 1 rings (SSSR count). The van der Waals surface area contributed by atoms with Gasteiger partial charge in [-0.15, -0.1) is 0 Å². The van der Waals surface area contributed by atoms with Crippen molar-refractivity contribution in [3.05, 3.63) is 0 Å². The van der Waals surface area contributed by atoms with Crippen molar-refractivity contribution in [2.45, 2.75) is 59.4 Å². The summed E-state index contributed by atoms with van der Waals surface area (Å²) >= 11 is 0. The van der Waals surface area contributed by atoms with Crippen molar-refractivity contribution in [1.29, 1.82) is 0 Å². The minimum absolute atomic E-state index is 0.766. The fourth-order valence-electron chi connectivity index (χ4n) is 2.30. The highest BCUT2D eigenvalue weighted by Gasteiger charge is 2.33. The number of hydrogen-bond acceptors (Lipinski definition) is 1. The van der Waals surface area contributed by atoms with Gasteiger partial charge in [0.2, 0.25) is 0 Å². The van der Waals surface area contributed by atoms with E-state index in [0.717, 1.165) is 30.3 Å². The van der Waals surface area contributed by atoms with E-state index in [1.807, 2.05) is 0 Å². The molecule has 0 aromatic rings. The van der Waals surface area contributed by atoms with Gasteiger partial charge in [-0.05, 0) is 43.6 Å². The first-order valence-electron chi connectivity index (χ1n) is 6.42. The largest absolute Gasteiger partial charge is 0.314 e. The van der Waals surface area contributed by atoms with Crippen LogP contribution in [0.1, 0.15) is 53.4 Å². The molecule has 1 aliphatic rings. The van der Waals surface area contributed by atoms with Crippen molar-refractivity contribution >= 4 is 0 Å². The Morgan fingerprint density at radius 2 is 1.86 bits per heavy atom. The van der Waals surface area contributed by atoms with E-state index in [1.165, 1.54) is 25.7 Å². The molecule has 0 aliphatic heterocycles. The zero-order chi connectivity index (χ0) is 10.6. The Kier molecular flexibility index (Phi) is 4.94. The van der Waals surface area contributed by atoms with Crippen molar-refractivity contribution in [1.82, 2.24) is 5.32 Å². The minimum Gasteiger partial charge on any atom is -0.314 e. The summed E-state index contributed by atoms with van der Waals surface area (Å²) in [6, 6.07) is 0.766. The van der Waals surface area contributed by atoms with Gasteiger partial charge in [0.05, 0.1) is 0 Å². The summed E-state index contributed by atoms with van der Waals surface area (Å²) in [5, 5.41) is 3.67. The van der Waals surface area contributed by atoms with Gasteiger partial charge < -0.3 is 5.32 Å². The van der Waals surface area contributed by atoms with E-state index >= 15 is 0 Å². The Morgan fingerprint density at radius 3 is 2.29 bits per heavy atom. The highest BCUT2D eigenvalue weighted by molar-refractivity contribution is 4.87. The topological polar surface area (TPSA) is 12.0 Å². The van der Waals surface area contributed by atoms with E-state index in [2.05, 4.69) is 33.0 Å². The van der Waals surface area contributed by atoms with E-state index in [-0.39, 0.29) is 0 Å². The molecule has 0 saturated heterocycles. The van der Waals surface area contributed by atoms with Crippen molar-refractivity contribution in [2.75, 3.05) is 6.54 Å². The molecule has 3 atom stereocenters. The molecule has 3 unspecified atom stereocenters. The van der Waals surface area contributed by atoms with Crippen molar-refractivity contribution in [3.63, 3.8) is 0 Å². The quantitative estimate of drug-likeness (QED) is 0.659. The van der Waals surface area contributed by atoms with E-state index in [9.17, 15) is 0 Å². The lowest BCUT2D eigenvalue weighted by molar-refractivity contribution is 0.290. The Bertz CT molecular complexity index is 151. The summed E-state index contributed by atoms with van der Waals surface area (Å²) in [7, 11) is 0. The van der Waals surface area contributed by atoms with Crippen LogP contribution in [-0.4, -0.2) is 12.6 Å². The van der Waals surface area contributed by atoms with Crippen LogP contribution in [0, 0.1) is 17.8 Å². The SMILES string of the molecule is CCNC(CC(C)CC)C(C)C1CC1. The van der Waals surface area contributed by atoms with Crippen LogP contribution in [0.4, 0.5) is 0 Å². The summed E-state index contributed by atoms with van der Waals surface area (Å²) in [5.74, 6) is 2.80. The van der Waals surface area contributed by atoms with Crippen LogP contribution < -0.4 is 5.32 Å². The average Bonchev–Trinajstić information content (AvgIpc) is 2.99. The second-order valence-electron chi connectivity index (χ2n) is 5.11. The molecular formula is C13H27N. The molecule has 0 bridgehead atoms. The monoisotopic (exact) mass is 197 g/mol. The second-order valence-corrected chi connectivity index (χ2v) is 5.11. The summed E-state index contributed by atoms with van der Waals surface area (Å²) < 4.78 is 0. The van der Waals surface area contributed by atoms with Crippen molar-refractivity contribution in [2.24, 2.45) is 17.8 Å². The molecule has 1 fully saturated rings. The predicted molar refractivity (Wildman–Crippen MR) is 63.4 cm³/mol. The number of rotatable bonds is 7. The molecule has 14 heavy (non-hydrogen) atoms. The van der Waals surface area contributed by atoms with Gasteiger partial charge in [-0.1, -0.05) is 34.1 Å². The van der Waals surface area contributed by atoms with Gasteiger partial charge in [0.15, 0.2) is 0 Å². The van der Waals surface area contributed by atoms with Gasteiger partial charge in [-0.3, -0.25) is 0 Å². The third-order valence-corrected chi connectivity index (χ3v) is 3.82. The first kappa shape index (κ1) is 12.0. The average molecular weight is 197 g/mol. The van der Waals surface area contributed by atoms with Crippen LogP contribution in [-0.2, 0) is 0 Å². The molecule has 0 heterocycles. The van der Waals surface area contributed by atoms with Gasteiger partial charge in [-0.2, -0.15) is 0 Å². The van der Waals surface area contributed by atoms with Crippen molar-refractivity contribution < 1.29 is 0 Å². The summed E-state index contributed by atoms with van der Waals surface area (Å²) in [5.41, 5.74) is 0. The molecule has 1 heteroatoms. The molecule has 0 aromatic carbocycles. The molecule has 1 aliphatic carbocycles. The third-order valence-electron chi connectivity index (χ3n) is 3.82. The highest BCUT2D eigenvalue weighted by atomic mass is 14.9. The Balaban J connectivity index is 2.36. The maximum absolute atomic E-state index is 3.67. The standard InChI is InChI=1S/C13H27N/c1-5-10(3)9-13(14-6-2)11(4)12-7-8-12/h10-14H,5-9H2,1-4H3. The molecule has 0 amide bonds. The lowest BCUT2D eigenvalue weighted by atomic mass is 9.88. The third kappa shape index (κ3) is 3.61. The smallest absolute Gasteiger partial charge is 0.00977 e. The van der Waals surface area contributed by atoms with Gasteiger partial charge in [0.25, 0.3) is 0 Å². The Hall–Kier alpha value is -0.0400. The summed E-state index contributed by atoms with van der Waals surface area (Å²) in [6.45, 7) is 10.5. The molecule has 1 saturated carbocycles. The zero-order valence-electron chi connectivity index (χ0n) is 10.3. The maximum atomic E-state index is 3.67. The fourth-order valence-corrected chi connectivity index (χ4v) is 2.30. The molecule has 0 radical (unpaired) electrons. The molecule has 1 nitrogen and oxygen atoms in total. The first-order valence-corrected chi connectivity index (χ1v) is 6.42. The van der Waals surface area contributed by atoms with Crippen LogP contribution in [0.3, 0.4) is 0 Å². The molecule has 0 spiro atoms. The van der Waals surface area contributed by atoms with E-state index in [0.29, 0.717) is 0 Å². The fraction of sp³-hybridized carbons (Fsp3) is 1.00. The lowest BCUT2D eigenvalue weighted by Crippen LogP contribution is -2.37. The molecular weight excluding hydrogens is 170 g/mol. The molecule has 0 aromatic heterocycles. The first-order chi connectivity index (χ1) is 6.69. The number of hydrogen-bond donors (Lipinski definition) is 1. The summed E-state index contributed by atoms with van der Waals surface area (Å²) in [4.78, 5) is 0. The van der Waals surface area contributed by atoms with Gasteiger partial charge in [-0.25, -0.2) is 0 Å². The lowest BCUT2D eigenvalue weighted by Gasteiger charge is -2.27. The normalized spacial score (nSPS) is 23.1. The van der Waals surface area contributed by atoms with Gasteiger partial charge >= 0.3 is 0 Å². The highest BCUT2D eigenvalue weighted by Crippen LogP contribution is 2.39. The minimum atomic E-state index is 0.766. The van der Waals surface area contributed by atoms with E-state index in [1.54, 1.807) is 0 Å². The predicted octanol–water partition coefficient (Wildman–Crippen LogP) is 3.45. The van der Waals surface area contributed by atoms with Gasteiger partial charge in [0, 0.05) is 6.04 Å². The number of nitrogens with one attached hydrogen (secondary N) is 1. The molecule has 1 N–H and O–H groups in total. The van der Waals surface area contributed by atoms with Crippen molar-refractivity contribution in [3.8, 4) is 0 Å². The van der Waals surface area contributed by atoms with Crippen LogP contribution in [0.5, 0.6) is 0 Å². The van der Waals surface area contributed by atoms with Crippen LogP contribution >= 0.6 is 0 Å². The van der Waals surface area contributed by atoms with Crippen LogP contribution in [0.15, 0.2) is 0 Å². The van der Waals surface area contributed by atoms with Crippen LogP contribution in [0.25, 0.3) is 0 Å². The molecule has 84 valence electrons. The van der Waals surface area contributed by atoms with Crippen LogP contribution in [0.2, 0.25) is 0 Å². The second kappa shape index (κ2) is 5.75.